The Morgan fingerprint density at radius 3 is 2.70 bits per heavy atom. The highest BCUT2D eigenvalue weighted by Crippen LogP contribution is 2.24. The molecule has 10 heavy (non-hydrogen) atoms. The first-order chi connectivity index (χ1) is 4.74. The van der Waals surface area contributed by atoms with Crippen molar-refractivity contribution in [3.05, 3.63) is 26.8 Å². The summed E-state index contributed by atoms with van der Waals surface area (Å²) in [6.45, 7) is 3.82. The minimum atomic E-state index is -0.182. The molecule has 1 unspecified atom stereocenters. The lowest BCUT2D eigenvalue weighted by Gasteiger charge is -1.93. The highest BCUT2D eigenvalue weighted by Gasteiger charge is 2.05. The lowest BCUT2D eigenvalue weighted by Crippen LogP contribution is -1.80. The van der Waals surface area contributed by atoms with Crippen molar-refractivity contribution in [2.24, 2.45) is 5.18 Å². The summed E-state index contributed by atoms with van der Waals surface area (Å²) >= 11 is 1.63. The zero-order valence-electron chi connectivity index (χ0n) is 6.00. The summed E-state index contributed by atoms with van der Waals surface area (Å²) in [5.41, 5.74) is 0. The van der Waals surface area contributed by atoms with Gasteiger partial charge in [0.1, 0.15) is 6.04 Å². The zero-order valence-corrected chi connectivity index (χ0v) is 6.81. The summed E-state index contributed by atoms with van der Waals surface area (Å²) in [5, 5.41) is 2.93. The van der Waals surface area contributed by atoms with E-state index in [1.807, 2.05) is 19.1 Å². The fourth-order valence-electron chi connectivity index (χ4n) is 0.730. The molecule has 54 valence electrons. The Morgan fingerprint density at radius 1 is 1.60 bits per heavy atom. The summed E-state index contributed by atoms with van der Waals surface area (Å²) in [5.74, 6) is 0. The normalized spacial score (nSPS) is 13.0. The largest absolute Gasteiger partial charge is 0.150 e. The standard InChI is InChI=1S/C7H9NOS/c1-5-3-4-7(10-5)6(2)8-9/h3-4,6H,1-2H3. The minimum Gasteiger partial charge on any atom is -0.150 e. The Bertz CT molecular complexity index is 231. The molecule has 0 amide bonds. The van der Waals surface area contributed by atoms with Gasteiger partial charge in [0.05, 0.1) is 0 Å². The maximum atomic E-state index is 10.1. The molecule has 0 saturated carbocycles. The van der Waals surface area contributed by atoms with Gasteiger partial charge in [-0.15, -0.1) is 11.3 Å². The summed E-state index contributed by atoms with van der Waals surface area (Å²) in [6, 6.07) is 3.77. The van der Waals surface area contributed by atoms with Gasteiger partial charge in [-0.25, -0.2) is 0 Å². The fraction of sp³-hybridized carbons (Fsp3) is 0.429. The summed E-state index contributed by atoms with van der Waals surface area (Å²) in [6.07, 6.45) is 0. The van der Waals surface area contributed by atoms with Gasteiger partial charge in [0.2, 0.25) is 0 Å². The molecule has 1 rings (SSSR count). The van der Waals surface area contributed by atoms with Gasteiger partial charge >= 0.3 is 0 Å². The second-order valence-electron chi connectivity index (χ2n) is 2.23. The van der Waals surface area contributed by atoms with Crippen LogP contribution in [0.25, 0.3) is 0 Å². The van der Waals surface area contributed by atoms with E-state index in [2.05, 4.69) is 5.18 Å². The molecule has 1 heterocycles. The van der Waals surface area contributed by atoms with Crippen LogP contribution in [0, 0.1) is 11.8 Å². The van der Waals surface area contributed by atoms with Crippen LogP contribution in [-0.4, -0.2) is 0 Å². The van der Waals surface area contributed by atoms with Gasteiger partial charge in [-0.05, 0) is 26.0 Å². The van der Waals surface area contributed by atoms with Crippen molar-refractivity contribution in [1.29, 1.82) is 0 Å². The number of thiophene rings is 1. The summed E-state index contributed by atoms with van der Waals surface area (Å²) < 4.78 is 0. The van der Waals surface area contributed by atoms with Crippen LogP contribution in [0.3, 0.4) is 0 Å². The van der Waals surface area contributed by atoms with Crippen molar-refractivity contribution in [2.75, 3.05) is 0 Å². The minimum absolute atomic E-state index is 0.182. The monoisotopic (exact) mass is 155 g/mol. The number of nitroso groups, excluding NO2 is 1. The van der Waals surface area contributed by atoms with Crippen LogP contribution in [0.5, 0.6) is 0 Å². The van der Waals surface area contributed by atoms with Crippen molar-refractivity contribution < 1.29 is 0 Å². The molecule has 2 nitrogen and oxygen atoms in total. The fourth-order valence-corrected chi connectivity index (χ4v) is 1.59. The molecule has 1 aromatic rings. The molecule has 0 bridgehead atoms. The third-order valence-corrected chi connectivity index (χ3v) is 2.50. The first kappa shape index (κ1) is 7.41. The summed E-state index contributed by atoms with van der Waals surface area (Å²) in [4.78, 5) is 12.3. The Morgan fingerprint density at radius 2 is 2.30 bits per heavy atom. The number of aryl methyl sites for hydroxylation is 1. The number of hydrogen-bond donors (Lipinski definition) is 0. The van der Waals surface area contributed by atoms with E-state index in [4.69, 9.17) is 0 Å². The van der Waals surface area contributed by atoms with Gasteiger partial charge < -0.3 is 0 Å². The van der Waals surface area contributed by atoms with E-state index in [1.54, 1.807) is 18.3 Å². The smallest absolute Gasteiger partial charge is 0.123 e. The molecule has 3 heteroatoms. The van der Waals surface area contributed by atoms with E-state index in [-0.39, 0.29) is 6.04 Å². The zero-order chi connectivity index (χ0) is 7.56. The van der Waals surface area contributed by atoms with Crippen LogP contribution in [0.15, 0.2) is 17.3 Å². The van der Waals surface area contributed by atoms with Crippen LogP contribution in [0.2, 0.25) is 0 Å². The lowest BCUT2D eigenvalue weighted by atomic mass is 10.3. The van der Waals surface area contributed by atoms with Crippen molar-refractivity contribution in [1.82, 2.24) is 0 Å². The Hall–Kier alpha value is -0.700. The van der Waals surface area contributed by atoms with E-state index in [9.17, 15) is 4.91 Å². The molecule has 0 saturated heterocycles. The second-order valence-corrected chi connectivity index (χ2v) is 3.55. The molecule has 0 fully saturated rings. The van der Waals surface area contributed by atoms with Gasteiger partial charge in [0.25, 0.3) is 0 Å². The predicted molar refractivity (Wildman–Crippen MR) is 43.3 cm³/mol. The molecule has 0 N–H and O–H groups in total. The van der Waals surface area contributed by atoms with E-state index in [0.29, 0.717) is 0 Å². The molecule has 1 atom stereocenters. The molecule has 0 aliphatic carbocycles. The van der Waals surface area contributed by atoms with E-state index >= 15 is 0 Å². The number of hydrogen-bond acceptors (Lipinski definition) is 3. The number of rotatable bonds is 2. The predicted octanol–water partition coefficient (Wildman–Crippen LogP) is 2.88. The van der Waals surface area contributed by atoms with Gasteiger partial charge in [0.15, 0.2) is 0 Å². The molecule has 0 aliphatic rings. The van der Waals surface area contributed by atoms with Crippen molar-refractivity contribution in [3.8, 4) is 0 Å². The van der Waals surface area contributed by atoms with Crippen molar-refractivity contribution in [2.45, 2.75) is 19.9 Å². The van der Waals surface area contributed by atoms with Crippen LogP contribution in [-0.2, 0) is 0 Å². The van der Waals surface area contributed by atoms with Crippen LogP contribution in [0.4, 0.5) is 0 Å². The number of nitrogens with zero attached hydrogens (tertiary/aromatic N) is 1. The second kappa shape index (κ2) is 2.92. The molecule has 0 aromatic carbocycles. The molecular formula is C7H9NOS. The Balaban J connectivity index is 2.84. The highest BCUT2D eigenvalue weighted by atomic mass is 32.1. The Labute approximate surface area is 63.9 Å². The van der Waals surface area contributed by atoms with E-state index in [0.717, 1.165) is 4.88 Å². The summed E-state index contributed by atoms with van der Waals surface area (Å²) in [7, 11) is 0. The highest BCUT2D eigenvalue weighted by molar-refractivity contribution is 7.12. The topological polar surface area (TPSA) is 29.4 Å². The van der Waals surface area contributed by atoms with Crippen molar-refractivity contribution >= 4 is 11.3 Å². The SMILES string of the molecule is Cc1ccc(C(C)N=O)s1. The first-order valence-electron chi connectivity index (χ1n) is 3.13. The third-order valence-electron chi connectivity index (χ3n) is 1.33. The van der Waals surface area contributed by atoms with E-state index in [1.165, 1.54) is 4.88 Å². The molecular weight excluding hydrogens is 146 g/mol. The van der Waals surface area contributed by atoms with Crippen LogP contribution in [0.1, 0.15) is 22.7 Å². The first-order valence-corrected chi connectivity index (χ1v) is 3.94. The van der Waals surface area contributed by atoms with E-state index < -0.39 is 0 Å². The third kappa shape index (κ3) is 1.42. The average molecular weight is 155 g/mol. The van der Waals surface area contributed by atoms with Gasteiger partial charge in [-0.3, -0.25) is 0 Å². The van der Waals surface area contributed by atoms with Gasteiger partial charge in [-0.2, -0.15) is 4.91 Å². The molecule has 1 aromatic heterocycles. The molecule has 0 aliphatic heterocycles. The maximum absolute atomic E-state index is 10.1. The van der Waals surface area contributed by atoms with Crippen LogP contribution >= 0.6 is 11.3 Å². The van der Waals surface area contributed by atoms with Crippen molar-refractivity contribution in [3.63, 3.8) is 0 Å². The van der Waals surface area contributed by atoms with Gasteiger partial charge in [-0.1, -0.05) is 5.18 Å². The average Bonchev–Trinajstić information content (AvgIpc) is 2.34. The lowest BCUT2D eigenvalue weighted by molar-refractivity contribution is 0.831. The molecule has 0 spiro atoms. The quantitative estimate of drug-likeness (QED) is 0.604. The molecule has 0 radical (unpaired) electrons. The van der Waals surface area contributed by atoms with Crippen LogP contribution < -0.4 is 0 Å². The van der Waals surface area contributed by atoms with Gasteiger partial charge in [0, 0.05) is 9.75 Å². The Kier molecular flexibility index (Phi) is 2.17. The maximum Gasteiger partial charge on any atom is 0.123 e.